The van der Waals surface area contributed by atoms with Gasteiger partial charge in [0.2, 0.25) is 0 Å². The number of carbonyl (C=O) groups is 5. The third-order valence-electron chi connectivity index (χ3n) is 1.90. The van der Waals surface area contributed by atoms with E-state index in [9.17, 15) is 44.4 Å². The number of carbonyl (C=O) groups excluding carboxylic acids is 5. The first-order valence-corrected chi connectivity index (χ1v) is 8.26. The summed E-state index contributed by atoms with van der Waals surface area (Å²) in [4.78, 5) is 48.1. The van der Waals surface area contributed by atoms with Gasteiger partial charge in [0, 0.05) is 6.08 Å². The molecule has 0 aromatic heterocycles. The Kier molecular flexibility index (Phi) is 36.0. The molecule has 0 aliphatic heterocycles. The quantitative estimate of drug-likeness (QED) is 0.237. The molecule has 180 valence electrons. The Morgan fingerprint density at radius 2 is 0.818 bits per heavy atom. The Labute approximate surface area is 195 Å². The molecule has 0 aromatic rings. The van der Waals surface area contributed by atoms with Crippen LogP contribution in [0, 0.1) is 7.43 Å². The van der Waals surface area contributed by atoms with Gasteiger partial charge in [0.05, 0.1) is 23.9 Å². The monoisotopic (exact) mass is 464 g/mol. The average Bonchev–Trinajstić information content (AvgIpc) is 2.67. The van der Waals surface area contributed by atoms with Gasteiger partial charge in [-0.05, 0) is 50.0 Å². The van der Waals surface area contributed by atoms with E-state index in [1.54, 1.807) is 0 Å². The van der Waals surface area contributed by atoms with Gasteiger partial charge < -0.3 is 44.3 Å². The second-order valence-electron chi connectivity index (χ2n) is 5.39. The Hall–Kier alpha value is -4.21. The third-order valence-corrected chi connectivity index (χ3v) is 1.90. The molecule has 0 radical (unpaired) electrons. The maximum atomic E-state index is 10.2. The summed E-state index contributed by atoms with van der Waals surface area (Å²) in [5, 5.41) is 38.0. The second-order valence-corrected chi connectivity index (χ2v) is 5.39. The summed E-state index contributed by atoms with van der Waals surface area (Å²) in [7, 11) is 0. The van der Waals surface area contributed by atoms with Crippen LogP contribution in [0.25, 0.3) is 0 Å². The summed E-state index contributed by atoms with van der Waals surface area (Å²) >= 11 is 0. The van der Waals surface area contributed by atoms with Gasteiger partial charge in [-0.15, -0.1) is 0 Å². The van der Waals surface area contributed by atoms with Gasteiger partial charge in [0.1, 0.15) is 6.61 Å². The van der Waals surface area contributed by atoms with Crippen LogP contribution in [0.2, 0.25) is 0 Å². The summed E-state index contributed by atoms with van der Waals surface area (Å²) in [6, 6.07) is 0. The first-order valence-electron chi connectivity index (χ1n) is 8.26. The molecule has 0 N–H and O–H groups in total. The zero-order chi connectivity index (χ0) is 27.0. The minimum atomic E-state index is -1.19. The van der Waals surface area contributed by atoms with Crippen molar-refractivity contribution in [2.24, 2.45) is 0 Å². The van der Waals surface area contributed by atoms with Crippen LogP contribution < -0.4 is 20.4 Å². The first-order chi connectivity index (χ1) is 14.4. The number of hydrogen-bond donors (Lipinski definition) is 0. The summed E-state index contributed by atoms with van der Waals surface area (Å²) in [6.45, 7) is 24.7. The fourth-order valence-corrected chi connectivity index (χ4v) is 0.200. The van der Waals surface area contributed by atoms with Crippen molar-refractivity contribution in [2.75, 3.05) is 6.61 Å². The van der Waals surface area contributed by atoms with E-state index in [0.29, 0.717) is 0 Å². The van der Waals surface area contributed by atoms with Crippen LogP contribution in [0.4, 0.5) is 0 Å². The molecule has 0 unspecified atom stereocenters. The standard InChI is InChI=1S/C6H8O2.4C4H6O2.C/c1-3-5-8-6(7)4-2;4*1-3(2)4(5)6;/h3-4H,1-2,5H2;4*1H2,2H3,(H,5,6);/q;;;;;+4/p-4. The number of carboxylic acid groups (broad SMARTS) is 4. The predicted octanol–water partition coefficient (Wildman–Crippen LogP) is -1.77. The van der Waals surface area contributed by atoms with Crippen molar-refractivity contribution < 1.29 is 49.1 Å². The van der Waals surface area contributed by atoms with Crippen molar-refractivity contribution in [1.82, 2.24) is 0 Å². The van der Waals surface area contributed by atoms with Gasteiger partial charge in [-0.25, -0.2) is 4.79 Å². The maximum absolute atomic E-state index is 10.2. The smallest absolute Gasteiger partial charge is 0.545 e. The average molecular weight is 464 g/mol. The van der Waals surface area contributed by atoms with E-state index >= 15 is 0 Å². The molecule has 10 nitrogen and oxygen atoms in total. The van der Waals surface area contributed by atoms with Crippen LogP contribution in [0.5, 0.6) is 0 Å². The van der Waals surface area contributed by atoms with Crippen LogP contribution in [-0.2, 0) is 28.7 Å². The van der Waals surface area contributed by atoms with Gasteiger partial charge in [0.25, 0.3) is 0 Å². The molecule has 0 atom stereocenters. The molecule has 0 amide bonds. The Morgan fingerprint density at radius 3 is 0.909 bits per heavy atom. The fraction of sp³-hybridized carbons (Fsp3) is 0.217. The molecule has 0 bridgehead atoms. The molecule has 0 heterocycles. The largest absolute Gasteiger partial charge is 4.00 e. The van der Waals surface area contributed by atoms with Crippen molar-refractivity contribution in [2.45, 2.75) is 27.7 Å². The first kappa shape index (κ1) is 42.8. The molecule has 0 fully saturated rings. The number of aliphatic carboxylic acids is 4. The van der Waals surface area contributed by atoms with Crippen molar-refractivity contribution in [1.29, 1.82) is 0 Å². The van der Waals surface area contributed by atoms with Gasteiger partial charge >= 0.3 is 13.4 Å². The molecular weight excluding hydrogens is 436 g/mol. The Balaban J connectivity index is -0.0000000689. The number of hydrogen-bond acceptors (Lipinski definition) is 10. The van der Waals surface area contributed by atoms with Gasteiger partial charge in [-0.2, -0.15) is 0 Å². The summed E-state index contributed by atoms with van der Waals surface area (Å²) in [5.41, 5.74) is 0.259. The van der Waals surface area contributed by atoms with Crippen LogP contribution in [0.3, 0.4) is 0 Å². The van der Waals surface area contributed by atoms with E-state index in [1.807, 2.05) is 0 Å². The van der Waals surface area contributed by atoms with Crippen molar-refractivity contribution in [3.05, 3.63) is 81.3 Å². The number of esters is 1. The molecule has 0 spiro atoms. The minimum Gasteiger partial charge on any atom is -0.545 e. The van der Waals surface area contributed by atoms with E-state index < -0.39 is 29.8 Å². The summed E-state index contributed by atoms with van der Waals surface area (Å²) < 4.78 is 4.47. The molecule has 0 saturated carbocycles. The van der Waals surface area contributed by atoms with E-state index in [1.165, 1.54) is 33.8 Å². The number of carboxylic acids is 4. The zero-order valence-electron chi connectivity index (χ0n) is 19.2. The van der Waals surface area contributed by atoms with Crippen LogP contribution in [-0.4, -0.2) is 36.5 Å². The third kappa shape index (κ3) is 58.4. The van der Waals surface area contributed by atoms with Gasteiger partial charge in [0.15, 0.2) is 0 Å². The SMILES string of the molecule is C=C(C)C(=O)[O-].C=C(C)C(=O)[O-].C=C(C)C(=O)[O-].C=C(C)C(=O)[O-].C=CCOC(=O)C=C.[C+4]. The van der Waals surface area contributed by atoms with E-state index in [0.717, 1.165) is 6.08 Å². The van der Waals surface area contributed by atoms with Crippen LogP contribution in [0.15, 0.2) is 73.9 Å². The molecule has 10 heteroatoms. The van der Waals surface area contributed by atoms with Crippen molar-refractivity contribution in [3.63, 3.8) is 0 Å². The summed E-state index contributed by atoms with van der Waals surface area (Å²) in [5.74, 6) is -5.15. The van der Waals surface area contributed by atoms with Crippen molar-refractivity contribution in [3.8, 4) is 0 Å². The van der Waals surface area contributed by atoms with E-state index in [4.69, 9.17) is 0 Å². The van der Waals surface area contributed by atoms with Gasteiger partial charge in [-0.1, -0.05) is 45.5 Å². The molecule has 33 heavy (non-hydrogen) atoms. The normalized spacial score (nSPS) is 7.27. The zero-order valence-corrected chi connectivity index (χ0v) is 19.2. The van der Waals surface area contributed by atoms with Gasteiger partial charge in [-0.3, -0.25) is 0 Å². The van der Waals surface area contributed by atoms with Crippen LogP contribution >= 0.6 is 0 Å². The Morgan fingerprint density at radius 1 is 0.636 bits per heavy atom. The molecule has 0 rings (SSSR count). The second kappa shape index (κ2) is 27.8. The Bertz CT molecular complexity index is 584. The van der Waals surface area contributed by atoms with Crippen molar-refractivity contribution >= 4 is 29.8 Å². The molecule has 0 saturated heterocycles. The summed E-state index contributed by atoms with van der Waals surface area (Å²) in [6.07, 6.45) is 2.62. The molecular formula is C23H28O10. The fourth-order valence-electron chi connectivity index (χ4n) is 0.200. The maximum Gasteiger partial charge on any atom is 4.00 e. The van der Waals surface area contributed by atoms with E-state index in [-0.39, 0.29) is 36.3 Å². The topological polar surface area (TPSA) is 187 Å². The molecule has 0 aliphatic rings. The predicted molar refractivity (Wildman–Crippen MR) is 114 cm³/mol. The number of ether oxygens (including phenoxy) is 1. The van der Waals surface area contributed by atoms with E-state index in [2.05, 4.69) is 44.2 Å². The number of rotatable bonds is 7. The van der Waals surface area contributed by atoms with Crippen LogP contribution in [0.1, 0.15) is 27.7 Å². The molecule has 0 aliphatic carbocycles. The molecule has 0 aromatic carbocycles. The minimum absolute atomic E-state index is 0.